The number of nitrogens with zero attached hydrogens (tertiary/aromatic N) is 2. The van der Waals surface area contributed by atoms with E-state index in [9.17, 15) is 14.9 Å². The van der Waals surface area contributed by atoms with E-state index in [0.717, 1.165) is 6.42 Å². The summed E-state index contributed by atoms with van der Waals surface area (Å²) in [6, 6.07) is 1.14. The zero-order valence-electron chi connectivity index (χ0n) is 12.5. The van der Waals surface area contributed by atoms with Crippen LogP contribution in [-0.4, -0.2) is 39.5 Å². The minimum Gasteiger partial charge on any atom is -0.338 e. The molecule has 2 N–H and O–H groups in total. The van der Waals surface area contributed by atoms with Crippen molar-refractivity contribution in [1.82, 2.24) is 15.5 Å². The second-order valence-corrected chi connectivity index (χ2v) is 6.65. The predicted molar refractivity (Wildman–Crippen MR) is 88.1 cm³/mol. The first-order valence-corrected chi connectivity index (χ1v) is 8.11. The fraction of sp³-hybridized carbons (Fsp3) is 0.643. The Kier molecular flexibility index (Phi) is 6.71. The van der Waals surface area contributed by atoms with Crippen molar-refractivity contribution in [1.29, 1.82) is 5.26 Å². The average molecular weight is 404 g/mol. The van der Waals surface area contributed by atoms with Crippen LogP contribution >= 0.6 is 22.6 Å². The zero-order valence-corrected chi connectivity index (χ0v) is 14.7. The van der Waals surface area contributed by atoms with E-state index in [-0.39, 0.29) is 17.9 Å². The lowest BCUT2D eigenvalue weighted by atomic mass is 9.97. The van der Waals surface area contributed by atoms with Crippen molar-refractivity contribution in [3.63, 3.8) is 0 Å². The number of urea groups is 1. The summed E-state index contributed by atoms with van der Waals surface area (Å²) in [6.07, 6.45) is 4.27. The summed E-state index contributed by atoms with van der Waals surface area (Å²) in [7, 11) is 0. The third-order valence-corrected chi connectivity index (χ3v) is 4.73. The van der Waals surface area contributed by atoms with Gasteiger partial charge in [-0.1, -0.05) is 20.3 Å². The largest absolute Gasteiger partial charge is 0.338 e. The second kappa shape index (κ2) is 7.82. The molecule has 0 saturated carbocycles. The van der Waals surface area contributed by atoms with Crippen LogP contribution in [0, 0.1) is 30.1 Å². The van der Waals surface area contributed by atoms with E-state index in [0.29, 0.717) is 13.1 Å². The highest BCUT2D eigenvalue weighted by atomic mass is 127. The van der Waals surface area contributed by atoms with Crippen LogP contribution in [0.25, 0.3) is 0 Å². The summed E-state index contributed by atoms with van der Waals surface area (Å²) in [6.45, 7) is 6.58. The third kappa shape index (κ3) is 4.22. The van der Waals surface area contributed by atoms with Crippen molar-refractivity contribution in [2.75, 3.05) is 13.1 Å². The number of nitrogens with one attached hydrogen (secondary N) is 2. The summed E-state index contributed by atoms with van der Waals surface area (Å²) >= 11 is 1.95. The SMILES string of the molecule is CCNC(=O)N[C@H](C(=O)N1C[CH][CH][C@]1(I)C#N)C(C)CC. The molecule has 6 nitrogen and oxygen atoms in total. The van der Waals surface area contributed by atoms with Gasteiger partial charge < -0.3 is 15.5 Å². The van der Waals surface area contributed by atoms with Crippen LogP contribution in [0.15, 0.2) is 0 Å². The van der Waals surface area contributed by atoms with Crippen molar-refractivity contribution in [2.24, 2.45) is 5.92 Å². The van der Waals surface area contributed by atoms with E-state index in [1.165, 1.54) is 4.90 Å². The zero-order chi connectivity index (χ0) is 16.0. The molecule has 21 heavy (non-hydrogen) atoms. The van der Waals surface area contributed by atoms with Gasteiger partial charge in [0.25, 0.3) is 0 Å². The van der Waals surface area contributed by atoms with E-state index in [4.69, 9.17) is 0 Å². The summed E-state index contributed by atoms with van der Waals surface area (Å²) in [5.41, 5.74) is 0. The Morgan fingerprint density at radius 2 is 2.19 bits per heavy atom. The minimum atomic E-state index is -0.969. The normalized spacial score (nSPS) is 24.0. The van der Waals surface area contributed by atoms with Gasteiger partial charge in [0.1, 0.15) is 12.1 Å². The number of alkyl halides is 1. The topological polar surface area (TPSA) is 85.2 Å². The molecule has 3 amide bonds. The molecule has 1 rings (SSSR count). The molecule has 0 aromatic heterocycles. The van der Waals surface area contributed by atoms with Crippen LogP contribution in [0.5, 0.6) is 0 Å². The molecule has 7 heteroatoms. The fourth-order valence-electron chi connectivity index (χ4n) is 2.09. The summed E-state index contributed by atoms with van der Waals surface area (Å²) in [4.78, 5) is 26.0. The maximum Gasteiger partial charge on any atom is 0.315 e. The monoisotopic (exact) mass is 404 g/mol. The first-order chi connectivity index (χ1) is 9.89. The molecule has 0 aromatic rings. The maximum atomic E-state index is 12.7. The van der Waals surface area contributed by atoms with Gasteiger partial charge >= 0.3 is 6.03 Å². The highest BCUT2D eigenvalue weighted by Gasteiger charge is 2.45. The Labute approximate surface area is 139 Å². The summed E-state index contributed by atoms with van der Waals surface area (Å²) < 4.78 is -0.969. The lowest BCUT2D eigenvalue weighted by Gasteiger charge is -2.33. The van der Waals surface area contributed by atoms with Crippen LogP contribution in [-0.2, 0) is 4.79 Å². The van der Waals surface area contributed by atoms with Gasteiger partial charge in [-0.05, 0) is 41.9 Å². The highest BCUT2D eigenvalue weighted by Crippen LogP contribution is 2.34. The van der Waals surface area contributed by atoms with Gasteiger partial charge in [-0.25, -0.2) is 4.79 Å². The van der Waals surface area contributed by atoms with Crippen LogP contribution in [0.3, 0.4) is 0 Å². The van der Waals surface area contributed by atoms with Crippen molar-refractivity contribution in [3.05, 3.63) is 12.8 Å². The van der Waals surface area contributed by atoms with Crippen molar-refractivity contribution in [2.45, 2.75) is 36.8 Å². The Morgan fingerprint density at radius 3 is 2.71 bits per heavy atom. The van der Waals surface area contributed by atoms with Gasteiger partial charge in [-0.15, -0.1) is 0 Å². The van der Waals surface area contributed by atoms with Gasteiger partial charge in [0.05, 0.1) is 0 Å². The van der Waals surface area contributed by atoms with E-state index in [2.05, 4.69) is 16.7 Å². The van der Waals surface area contributed by atoms with Crippen molar-refractivity contribution >= 4 is 34.5 Å². The van der Waals surface area contributed by atoms with Crippen molar-refractivity contribution in [3.8, 4) is 6.07 Å². The molecule has 0 bridgehead atoms. The Morgan fingerprint density at radius 1 is 1.52 bits per heavy atom. The first kappa shape index (κ1) is 18.0. The molecule has 1 fully saturated rings. The van der Waals surface area contributed by atoms with Crippen LogP contribution in [0.1, 0.15) is 27.2 Å². The molecule has 116 valence electrons. The Balaban J connectivity index is 2.90. The summed E-state index contributed by atoms with van der Waals surface area (Å²) in [5.74, 6) is -0.239. The quantitative estimate of drug-likeness (QED) is 0.415. The number of hydrogen-bond donors (Lipinski definition) is 2. The smallest absolute Gasteiger partial charge is 0.315 e. The van der Waals surface area contributed by atoms with E-state index >= 15 is 0 Å². The number of halogens is 1. The number of hydrogen-bond acceptors (Lipinski definition) is 3. The van der Waals surface area contributed by atoms with Crippen LogP contribution in [0.4, 0.5) is 4.79 Å². The number of carbonyl (C=O) groups is 2. The fourth-order valence-corrected chi connectivity index (χ4v) is 2.78. The number of rotatable bonds is 5. The molecule has 1 aliphatic heterocycles. The van der Waals surface area contributed by atoms with Gasteiger partial charge in [0, 0.05) is 19.5 Å². The molecule has 0 aromatic carbocycles. The molecule has 0 spiro atoms. The molecule has 1 heterocycles. The van der Waals surface area contributed by atoms with Crippen LogP contribution < -0.4 is 10.6 Å². The highest BCUT2D eigenvalue weighted by molar-refractivity contribution is 14.1. The van der Waals surface area contributed by atoms with Gasteiger partial charge in [0.2, 0.25) is 5.91 Å². The van der Waals surface area contributed by atoms with Gasteiger partial charge in [-0.3, -0.25) is 4.79 Å². The van der Waals surface area contributed by atoms with Crippen molar-refractivity contribution < 1.29 is 9.59 Å². The first-order valence-electron chi connectivity index (χ1n) is 7.03. The Hall–Kier alpha value is -1.04. The number of amides is 3. The lowest BCUT2D eigenvalue weighted by Crippen LogP contribution is -2.56. The second-order valence-electron chi connectivity index (χ2n) is 5.00. The molecular formula is C14H21IN4O2. The molecule has 1 saturated heterocycles. The number of carbonyl (C=O) groups excluding carboxylic acids is 2. The molecule has 1 aliphatic rings. The molecule has 1 unspecified atom stereocenters. The maximum absolute atomic E-state index is 12.7. The van der Waals surface area contributed by atoms with E-state index in [1.807, 2.05) is 43.4 Å². The van der Waals surface area contributed by atoms with E-state index < -0.39 is 9.59 Å². The number of nitriles is 1. The molecule has 3 atom stereocenters. The molecular weight excluding hydrogens is 383 g/mol. The number of likely N-dealkylation sites (tertiary alicyclic amines) is 1. The molecule has 2 radical (unpaired) electrons. The average Bonchev–Trinajstić information content (AvgIpc) is 2.86. The molecule has 0 aliphatic carbocycles. The van der Waals surface area contributed by atoms with E-state index in [1.54, 1.807) is 12.8 Å². The standard InChI is InChI=1S/C14H21IN4O2/c1-4-10(3)11(18-13(21)17-5-2)12(20)19-8-6-7-14(19,15)9-16/h6-7,10-11H,4-5,8H2,1-3H3,(H2,17,18,21)/t10?,11-,14+/m0/s1. The lowest BCUT2D eigenvalue weighted by molar-refractivity contribution is -0.134. The Bertz CT molecular complexity index is 437. The summed E-state index contributed by atoms with van der Waals surface area (Å²) in [5, 5.41) is 14.6. The third-order valence-electron chi connectivity index (χ3n) is 3.55. The van der Waals surface area contributed by atoms with Gasteiger partial charge in [0.15, 0.2) is 3.55 Å². The minimum absolute atomic E-state index is 0.0138. The predicted octanol–water partition coefficient (Wildman–Crippen LogP) is 1.63. The van der Waals surface area contributed by atoms with Gasteiger partial charge in [-0.2, -0.15) is 5.26 Å². The van der Waals surface area contributed by atoms with Crippen LogP contribution in [0.2, 0.25) is 0 Å².